The maximum atomic E-state index is 14.0. The molecule has 0 spiro atoms. The SMILES string of the molecule is C.C.Cc1cc(F)ccc1-c1n(-c2c(-c3ccccc3)cc(C(C)C)cc2-c2ccccc2)cc[n+]1C.Cc1cc(F)ccc1-c1n(-c2c(C(C)C)cccc2C(C)C)cc[n+]1C.Cc1ccccc1-n1ccc[n+]1C.Cc1ccccc1N1CC(C)(C)c2cccnc21.[2H]C([2H])([2H])C1(C([2H])([2H])[2H])CN(c2ccccc2C)C(C)(C)C1([2H])[2H]. The Morgan fingerprint density at radius 1 is 0.455 bits per heavy atom. The summed E-state index contributed by atoms with van der Waals surface area (Å²) in [5.41, 5.74) is 19.2. The zero-order chi connectivity index (χ0) is 84.3. The van der Waals surface area contributed by atoms with Crippen LogP contribution in [0, 0.1) is 51.7 Å². The molecule has 0 aliphatic carbocycles. The first-order valence-corrected chi connectivity index (χ1v) is 37.5. The van der Waals surface area contributed by atoms with Crippen LogP contribution < -0.4 is 23.6 Å². The number of rotatable bonds is 12. The van der Waals surface area contributed by atoms with Crippen LogP contribution >= 0.6 is 0 Å². The molecule has 9 nitrogen and oxygen atoms in total. The first kappa shape index (κ1) is 72.1. The van der Waals surface area contributed by atoms with Crippen LogP contribution in [0.15, 0.2) is 262 Å². The van der Waals surface area contributed by atoms with Crippen LogP contribution in [0.25, 0.3) is 62.1 Å². The zero-order valence-corrected chi connectivity index (χ0v) is 66.3. The lowest BCUT2D eigenvalue weighted by Crippen LogP contribution is -2.38. The fraction of sp³-hybridized carbons (Fsp3) is 0.313. The molecule has 4 aromatic heterocycles. The summed E-state index contributed by atoms with van der Waals surface area (Å²) < 4.78 is 105. The van der Waals surface area contributed by atoms with Crippen LogP contribution in [0.1, 0.15) is 183 Å². The molecule has 0 saturated carbocycles. The Hall–Kier alpha value is -10.8. The fourth-order valence-electron chi connectivity index (χ4n) is 15.0. The normalized spacial score (nSPS) is 15.3. The van der Waals surface area contributed by atoms with Gasteiger partial charge in [0.2, 0.25) is 0 Å². The summed E-state index contributed by atoms with van der Waals surface area (Å²) >= 11 is 0. The molecule has 572 valence electrons. The first-order valence-electron chi connectivity index (χ1n) is 41.5. The monoisotopic (exact) mass is 1480 g/mol. The van der Waals surface area contributed by atoms with Crippen molar-refractivity contribution in [3.8, 4) is 62.1 Å². The van der Waals surface area contributed by atoms with Gasteiger partial charge in [-0.25, -0.2) is 22.9 Å². The van der Waals surface area contributed by atoms with E-state index in [1.165, 1.54) is 84.8 Å². The van der Waals surface area contributed by atoms with Gasteiger partial charge in [-0.2, -0.15) is 9.13 Å². The number of para-hydroxylation sites is 4. The number of pyridine rings is 1. The van der Waals surface area contributed by atoms with Crippen molar-refractivity contribution < 1.29 is 33.6 Å². The van der Waals surface area contributed by atoms with Gasteiger partial charge in [0.05, 0.1) is 31.4 Å². The van der Waals surface area contributed by atoms with E-state index < -0.39 is 37.6 Å². The van der Waals surface area contributed by atoms with Gasteiger partial charge < -0.3 is 9.80 Å². The van der Waals surface area contributed by atoms with Crippen molar-refractivity contribution in [2.45, 2.75) is 167 Å². The second-order valence-corrected chi connectivity index (χ2v) is 30.9. The number of aromatic nitrogens is 7. The van der Waals surface area contributed by atoms with E-state index in [2.05, 4.69) is 283 Å². The number of hydrogen-bond donors (Lipinski definition) is 0. The van der Waals surface area contributed by atoms with Crippen molar-refractivity contribution in [3.05, 3.63) is 323 Å². The van der Waals surface area contributed by atoms with Crippen LogP contribution in [-0.2, 0) is 26.6 Å². The Bertz CT molecular complexity index is 5500. The van der Waals surface area contributed by atoms with E-state index in [-0.39, 0.29) is 31.9 Å². The molecule has 0 unspecified atom stereocenters. The Morgan fingerprint density at radius 3 is 1.35 bits per heavy atom. The smallest absolute Gasteiger partial charge is 0.294 e. The Labute approximate surface area is 668 Å². The Kier molecular flexibility index (Phi) is 23.1. The van der Waals surface area contributed by atoms with E-state index in [1.54, 1.807) is 43.0 Å². The largest absolute Gasteiger partial charge is 0.366 e. The molecular formula is C99H120F2N9+3. The molecule has 15 rings (SSSR count). The summed E-state index contributed by atoms with van der Waals surface area (Å²) in [5, 5.41) is 0. The highest BCUT2D eigenvalue weighted by molar-refractivity contribution is 5.87. The summed E-state index contributed by atoms with van der Waals surface area (Å²) in [5.74, 6) is 3.98. The van der Waals surface area contributed by atoms with Gasteiger partial charge in [0.25, 0.3) is 11.6 Å². The molecule has 1 fully saturated rings. The van der Waals surface area contributed by atoms with Crippen molar-refractivity contribution in [2.75, 3.05) is 22.9 Å². The van der Waals surface area contributed by atoms with E-state index >= 15 is 0 Å². The van der Waals surface area contributed by atoms with Crippen LogP contribution in [0.5, 0.6) is 0 Å². The summed E-state index contributed by atoms with van der Waals surface area (Å²) in [6, 6.07) is 72.7. The average Bonchev–Trinajstić information content (AvgIpc) is 1.55. The highest BCUT2D eigenvalue weighted by Crippen LogP contribution is 2.46. The zero-order valence-electron chi connectivity index (χ0n) is 74.3. The van der Waals surface area contributed by atoms with E-state index in [4.69, 9.17) is 11.0 Å². The maximum Gasteiger partial charge on any atom is 0.294 e. The Morgan fingerprint density at radius 2 is 0.918 bits per heavy atom. The van der Waals surface area contributed by atoms with E-state index in [1.807, 2.05) is 90.7 Å². The van der Waals surface area contributed by atoms with Crippen molar-refractivity contribution in [1.29, 1.82) is 0 Å². The molecule has 0 N–H and O–H groups in total. The molecule has 6 heterocycles. The minimum absolute atomic E-state index is 0. The van der Waals surface area contributed by atoms with Gasteiger partial charge in [-0.3, -0.25) is 0 Å². The third-order valence-electron chi connectivity index (χ3n) is 20.6. The number of hydrogen-bond acceptors (Lipinski definition) is 3. The molecule has 11 heteroatoms. The minimum atomic E-state index is -2.98. The number of imidazole rings is 2. The maximum absolute atomic E-state index is 14.0. The number of anilines is 3. The predicted molar refractivity (Wildman–Crippen MR) is 459 cm³/mol. The fourth-order valence-corrected chi connectivity index (χ4v) is 15.0. The number of nitrogens with zero attached hydrogens (tertiary/aromatic N) is 9. The molecule has 110 heavy (non-hydrogen) atoms. The first-order chi connectivity index (χ1) is 54.7. The van der Waals surface area contributed by atoms with Crippen molar-refractivity contribution in [2.24, 2.45) is 26.6 Å². The molecular weight excluding hydrogens is 1350 g/mol. The summed E-state index contributed by atoms with van der Waals surface area (Å²) in [4.78, 5) is 8.52. The van der Waals surface area contributed by atoms with Gasteiger partial charge in [0, 0.05) is 86.5 Å². The summed E-state index contributed by atoms with van der Waals surface area (Å²) in [6.45, 7) is 25.8. The van der Waals surface area contributed by atoms with Gasteiger partial charge in [-0.15, -0.1) is 9.36 Å². The quantitative estimate of drug-likeness (QED) is 0.115. The molecule has 2 aliphatic rings. The molecule has 0 atom stereocenters. The number of fused-ring (bicyclic) bond motifs is 1. The molecule has 13 aromatic rings. The van der Waals surface area contributed by atoms with E-state index in [9.17, 15) is 8.78 Å². The van der Waals surface area contributed by atoms with Gasteiger partial charge >= 0.3 is 0 Å². The predicted octanol–water partition coefficient (Wildman–Crippen LogP) is 24.2. The van der Waals surface area contributed by atoms with Crippen molar-refractivity contribution >= 4 is 17.2 Å². The van der Waals surface area contributed by atoms with E-state index in [0.717, 1.165) is 57.5 Å². The lowest BCUT2D eigenvalue weighted by molar-refractivity contribution is -0.744. The van der Waals surface area contributed by atoms with Crippen LogP contribution in [-0.4, -0.2) is 37.4 Å². The second-order valence-electron chi connectivity index (χ2n) is 30.9. The lowest BCUT2D eigenvalue weighted by atomic mass is 9.86. The van der Waals surface area contributed by atoms with Gasteiger partial charge in [0.1, 0.15) is 59.3 Å². The molecule has 1 saturated heterocycles. The van der Waals surface area contributed by atoms with Crippen molar-refractivity contribution in [1.82, 2.24) is 18.8 Å². The highest BCUT2D eigenvalue weighted by Gasteiger charge is 2.43. The van der Waals surface area contributed by atoms with E-state index in [0.29, 0.717) is 23.4 Å². The number of halogens is 2. The molecule has 0 amide bonds. The minimum Gasteiger partial charge on any atom is -0.366 e. The summed E-state index contributed by atoms with van der Waals surface area (Å²) in [6.07, 6.45) is 11.9. The van der Waals surface area contributed by atoms with Crippen molar-refractivity contribution in [3.63, 3.8) is 0 Å². The van der Waals surface area contributed by atoms with Gasteiger partial charge in [-0.05, 0) is 195 Å². The third-order valence-corrected chi connectivity index (χ3v) is 20.6. The molecule has 2 aliphatic heterocycles. The average molecular weight is 1480 g/mol. The van der Waals surface area contributed by atoms with Gasteiger partial charge in [-0.1, -0.05) is 223 Å². The standard InChI is InChI=1S/C32H30FN2.C23H28FN2.C16H18N2.C15H23N.C11H13N2.2CH4/c1-22(2)26-20-29(24-11-7-5-8-12-24)31(30(21-26)25-13-9-6-10-14-25)35-18-17-34(4)32(35)28-16-15-27(33)19-23(28)3;1-15(2)19-8-7-9-20(16(3)4)22(19)26-13-12-25(6)23(26)21-11-10-18(24)14-17(21)5;1-12-7-4-5-9-14(12)18-11-16(2,3)13-8-6-10-17-15(13)18;1-12-8-6-7-9-13(12)16-11-14(2,3)10-15(16,4)5;1-10-6-3-4-7-11(10)13-9-5-8-12(13)2;;/h5-22H,1-4H3;7-16H,1-6H3;4-10H,11H2,1-3H3;6-9H,10-11H2,1-5H3;3-9H,1-2H3;2*1H4/q2*+1;;;+1;;/i;;;2D3,3D3,10D2;;;. The second kappa shape index (κ2) is 35.3. The van der Waals surface area contributed by atoms with Crippen LogP contribution in [0.3, 0.4) is 0 Å². The molecule has 0 radical (unpaired) electrons. The highest BCUT2D eigenvalue weighted by atomic mass is 19.1. The number of aryl methyl sites for hydroxylation is 8. The molecule has 9 aromatic carbocycles. The number of benzene rings is 9. The molecule has 0 bridgehead atoms. The van der Waals surface area contributed by atoms with Crippen LogP contribution in [0.4, 0.5) is 26.0 Å². The Balaban J connectivity index is 0.000000173. The topological polar surface area (TPSA) is 45.8 Å². The van der Waals surface area contributed by atoms with Crippen LogP contribution in [0.2, 0.25) is 0 Å². The summed E-state index contributed by atoms with van der Waals surface area (Å²) in [7, 11) is 6.12. The third kappa shape index (κ3) is 18.4. The van der Waals surface area contributed by atoms with Gasteiger partial charge in [0.15, 0.2) is 13.2 Å². The lowest BCUT2D eigenvalue weighted by Gasteiger charge is -2.34.